The second kappa shape index (κ2) is 5.31. The van der Waals surface area contributed by atoms with Gasteiger partial charge in [-0.2, -0.15) is 0 Å². The molecule has 0 saturated carbocycles. The van der Waals surface area contributed by atoms with E-state index < -0.39 is 11.0 Å². The van der Waals surface area contributed by atoms with Crippen LogP contribution in [0.1, 0.15) is 6.92 Å². The number of thiazole rings is 1. The van der Waals surface area contributed by atoms with E-state index in [9.17, 15) is 9.59 Å². The van der Waals surface area contributed by atoms with Crippen LogP contribution in [0.15, 0.2) is 16.9 Å². The topological polar surface area (TPSA) is 66.8 Å². The minimum absolute atomic E-state index is 0.204. The fraction of sp³-hybridized carbons (Fsp3) is 0.333. The van der Waals surface area contributed by atoms with Crippen LogP contribution in [0.25, 0.3) is 10.2 Å². The normalized spacial score (nSPS) is 10.5. The molecule has 0 amide bonds. The van der Waals surface area contributed by atoms with E-state index in [1.165, 1.54) is 14.2 Å². The third kappa shape index (κ3) is 2.28. The Morgan fingerprint density at radius 3 is 2.47 bits per heavy atom. The zero-order valence-electron chi connectivity index (χ0n) is 10.8. The maximum Gasteiger partial charge on any atom is 0.422 e. The summed E-state index contributed by atoms with van der Waals surface area (Å²) in [6.45, 7) is 1.89. The third-order valence-electron chi connectivity index (χ3n) is 2.54. The van der Waals surface area contributed by atoms with E-state index >= 15 is 0 Å². The molecule has 0 radical (unpaired) electrons. The van der Waals surface area contributed by atoms with Gasteiger partial charge in [-0.3, -0.25) is 4.79 Å². The fourth-order valence-corrected chi connectivity index (χ4v) is 2.58. The molecule has 0 saturated heterocycles. The van der Waals surface area contributed by atoms with Gasteiger partial charge < -0.3 is 14.2 Å². The monoisotopic (exact) mass is 283 g/mol. The molecule has 19 heavy (non-hydrogen) atoms. The summed E-state index contributed by atoms with van der Waals surface area (Å²) in [5.74, 6) is 0.957. The van der Waals surface area contributed by atoms with Crippen molar-refractivity contribution in [3.8, 4) is 11.5 Å². The average molecular weight is 283 g/mol. The van der Waals surface area contributed by atoms with E-state index in [4.69, 9.17) is 14.2 Å². The van der Waals surface area contributed by atoms with Crippen LogP contribution in [0.3, 0.4) is 0 Å². The molecule has 1 aromatic heterocycles. The number of rotatable bonds is 3. The van der Waals surface area contributed by atoms with Crippen molar-refractivity contribution >= 4 is 27.6 Å². The minimum atomic E-state index is -0.689. The Balaban J connectivity index is 2.69. The van der Waals surface area contributed by atoms with Crippen molar-refractivity contribution in [1.82, 2.24) is 4.57 Å². The maximum absolute atomic E-state index is 11.9. The number of carbonyl (C=O) groups excluding carboxylic acids is 1. The Hall–Kier alpha value is -2.02. The number of carbonyl (C=O) groups is 1. The van der Waals surface area contributed by atoms with Crippen LogP contribution in [-0.4, -0.2) is 31.5 Å². The number of hydrogen-bond donors (Lipinski definition) is 0. The van der Waals surface area contributed by atoms with Gasteiger partial charge in [0, 0.05) is 12.1 Å². The number of ether oxygens (including phenoxy) is 3. The summed E-state index contributed by atoms with van der Waals surface area (Å²) in [6.07, 6.45) is -0.689. The number of fused-ring (bicyclic) bond motifs is 1. The quantitative estimate of drug-likeness (QED) is 0.862. The van der Waals surface area contributed by atoms with Gasteiger partial charge in [0.15, 0.2) is 11.5 Å². The van der Waals surface area contributed by atoms with Crippen molar-refractivity contribution in [3.63, 3.8) is 0 Å². The molecule has 2 rings (SSSR count). The standard InChI is InChI=1S/C12H13NO5S/c1-4-18-11(14)13-7-5-8(16-2)9(17-3)6-10(7)19-12(13)15/h5-6H,4H2,1-3H3. The highest BCUT2D eigenvalue weighted by atomic mass is 32.1. The molecule has 0 aliphatic carbocycles. The van der Waals surface area contributed by atoms with Crippen LogP contribution >= 0.6 is 11.3 Å². The molecule has 0 aliphatic heterocycles. The first-order valence-corrected chi connectivity index (χ1v) is 6.38. The smallest absolute Gasteiger partial charge is 0.422 e. The largest absolute Gasteiger partial charge is 0.493 e. The Kier molecular flexibility index (Phi) is 3.75. The van der Waals surface area contributed by atoms with Crippen LogP contribution < -0.4 is 14.3 Å². The van der Waals surface area contributed by atoms with E-state index in [1.807, 2.05) is 0 Å². The van der Waals surface area contributed by atoms with Crippen LogP contribution in [0.4, 0.5) is 4.79 Å². The van der Waals surface area contributed by atoms with Crippen molar-refractivity contribution < 1.29 is 19.0 Å². The lowest BCUT2D eigenvalue weighted by atomic mass is 10.3. The van der Waals surface area contributed by atoms with Crippen LogP contribution in [0.5, 0.6) is 11.5 Å². The molecule has 0 N–H and O–H groups in total. The molecule has 102 valence electrons. The molecule has 0 bridgehead atoms. The lowest BCUT2D eigenvalue weighted by Crippen LogP contribution is -2.23. The molecular formula is C12H13NO5S. The highest BCUT2D eigenvalue weighted by Crippen LogP contribution is 2.33. The zero-order chi connectivity index (χ0) is 14.0. The van der Waals surface area contributed by atoms with Crippen LogP contribution in [-0.2, 0) is 4.74 Å². The summed E-state index contributed by atoms with van der Waals surface area (Å²) in [6, 6.07) is 3.25. The highest BCUT2D eigenvalue weighted by molar-refractivity contribution is 7.16. The summed E-state index contributed by atoms with van der Waals surface area (Å²) in [5.41, 5.74) is 0.450. The van der Waals surface area contributed by atoms with Gasteiger partial charge in [0.25, 0.3) is 0 Å². The number of hydrogen-bond acceptors (Lipinski definition) is 6. The Morgan fingerprint density at radius 1 is 1.26 bits per heavy atom. The van der Waals surface area contributed by atoms with Gasteiger partial charge in [-0.15, -0.1) is 0 Å². The fourth-order valence-electron chi connectivity index (χ4n) is 1.71. The van der Waals surface area contributed by atoms with E-state index in [0.29, 0.717) is 21.7 Å². The zero-order valence-corrected chi connectivity index (χ0v) is 11.6. The molecule has 1 aromatic carbocycles. The average Bonchev–Trinajstić information content (AvgIpc) is 2.72. The number of methoxy groups -OCH3 is 2. The van der Waals surface area contributed by atoms with Crippen LogP contribution in [0.2, 0.25) is 0 Å². The predicted molar refractivity (Wildman–Crippen MR) is 71.6 cm³/mol. The lowest BCUT2D eigenvalue weighted by Gasteiger charge is -2.08. The molecule has 0 unspecified atom stereocenters. The second-order valence-electron chi connectivity index (χ2n) is 3.58. The Morgan fingerprint density at radius 2 is 1.89 bits per heavy atom. The van der Waals surface area contributed by atoms with Crippen molar-refractivity contribution in [2.45, 2.75) is 6.92 Å². The summed E-state index contributed by atoms with van der Waals surface area (Å²) in [5, 5.41) is 0. The van der Waals surface area contributed by atoms with Gasteiger partial charge in [0.2, 0.25) is 0 Å². The molecule has 0 spiro atoms. The van der Waals surface area contributed by atoms with E-state index in [2.05, 4.69) is 0 Å². The van der Waals surface area contributed by atoms with E-state index in [1.54, 1.807) is 19.1 Å². The van der Waals surface area contributed by atoms with Gasteiger partial charge >= 0.3 is 11.0 Å². The van der Waals surface area contributed by atoms with Crippen molar-refractivity contribution in [2.75, 3.05) is 20.8 Å². The first kappa shape index (κ1) is 13.4. The SMILES string of the molecule is CCOC(=O)n1c(=O)sc2cc(OC)c(OC)cc21. The van der Waals surface area contributed by atoms with E-state index in [0.717, 1.165) is 15.9 Å². The van der Waals surface area contributed by atoms with Gasteiger partial charge in [0.05, 0.1) is 31.0 Å². The summed E-state index contributed by atoms with van der Waals surface area (Å²) < 4.78 is 16.8. The second-order valence-corrected chi connectivity index (χ2v) is 4.57. The summed E-state index contributed by atoms with van der Waals surface area (Å²) in [7, 11) is 3.00. The predicted octanol–water partition coefficient (Wildman–Crippen LogP) is 2.08. The maximum atomic E-state index is 11.9. The van der Waals surface area contributed by atoms with Crippen molar-refractivity contribution in [1.29, 1.82) is 0 Å². The first-order valence-electron chi connectivity index (χ1n) is 5.57. The summed E-state index contributed by atoms with van der Waals surface area (Å²) in [4.78, 5) is 23.2. The number of nitrogens with zero attached hydrogens (tertiary/aromatic N) is 1. The molecule has 0 fully saturated rings. The third-order valence-corrected chi connectivity index (χ3v) is 3.44. The molecule has 0 atom stereocenters. The highest BCUT2D eigenvalue weighted by Gasteiger charge is 2.18. The summed E-state index contributed by atoms with van der Waals surface area (Å²) >= 11 is 0.953. The number of benzene rings is 1. The van der Waals surface area contributed by atoms with Crippen molar-refractivity contribution in [2.24, 2.45) is 0 Å². The number of aromatic nitrogens is 1. The van der Waals surface area contributed by atoms with E-state index in [-0.39, 0.29) is 6.61 Å². The molecule has 2 aromatic rings. The molecule has 0 aliphatic rings. The first-order chi connectivity index (χ1) is 9.12. The van der Waals surface area contributed by atoms with Gasteiger partial charge in [-0.25, -0.2) is 9.36 Å². The molecular weight excluding hydrogens is 270 g/mol. The van der Waals surface area contributed by atoms with Crippen molar-refractivity contribution in [3.05, 3.63) is 21.8 Å². The Labute approximate surface area is 113 Å². The van der Waals surface area contributed by atoms with Gasteiger partial charge in [0.1, 0.15) is 0 Å². The Bertz CT molecular complexity index is 673. The molecule has 7 heteroatoms. The van der Waals surface area contributed by atoms with Gasteiger partial charge in [-0.05, 0) is 6.92 Å². The lowest BCUT2D eigenvalue weighted by molar-refractivity contribution is 0.154. The molecule has 6 nitrogen and oxygen atoms in total. The molecule has 1 heterocycles. The van der Waals surface area contributed by atoms with Gasteiger partial charge in [-0.1, -0.05) is 11.3 Å². The van der Waals surface area contributed by atoms with Crippen LogP contribution in [0, 0.1) is 0 Å². The minimum Gasteiger partial charge on any atom is -0.493 e.